The van der Waals surface area contributed by atoms with Crippen molar-refractivity contribution in [2.75, 3.05) is 6.54 Å². The highest BCUT2D eigenvalue weighted by Crippen LogP contribution is 2.63. The molecule has 2 unspecified atom stereocenters. The average molecular weight is 210 g/mol. The Bertz CT molecular complexity index is 231. The van der Waals surface area contributed by atoms with Crippen molar-refractivity contribution in [3.63, 3.8) is 0 Å². The predicted octanol–water partition coefficient (Wildman–Crippen LogP) is 2.14. The van der Waals surface area contributed by atoms with Gasteiger partial charge in [0.15, 0.2) is 0 Å². The summed E-state index contributed by atoms with van der Waals surface area (Å²) >= 11 is 0. The van der Waals surface area contributed by atoms with Gasteiger partial charge in [0.25, 0.3) is 0 Å². The van der Waals surface area contributed by atoms with E-state index < -0.39 is 0 Å². The number of hydrogen-bond acceptors (Lipinski definition) is 2. The third-order valence-corrected chi connectivity index (χ3v) is 5.36. The van der Waals surface area contributed by atoms with Crippen molar-refractivity contribution in [2.24, 2.45) is 22.5 Å². The fourth-order valence-electron chi connectivity index (χ4n) is 3.37. The number of nitrogens with two attached hydrogens (primary N) is 1. The van der Waals surface area contributed by atoms with Gasteiger partial charge in [0, 0.05) is 12.1 Å². The van der Waals surface area contributed by atoms with Gasteiger partial charge in [0.2, 0.25) is 0 Å². The first-order chi connectivity index (χ1) is 6.91. The Balaban J connectivity index is 1.94. The van der Waals surface area contributed by atoms with Gasteiger partial charge in [-0.3, -0.25) is 0 Å². The molecule has 0 radical (unpaired) electrons. The van der Waals surface area contributed by atoms with Crippen molar-refractivity contribution >= 4 is 0 Å². The van der Waals surface area contributed by atoms with E-state index in [9.17, 15) is 0 Å². The SMILES string of the molecule is CC1(C)C(NC2CCCC2CN)C1(C)C. The maximum absolute atomic E-state index is 5.82. The fourth-order valence-corrected chi connectivity index (χ4v) is 3.37. The Kier molecular flexibility index (Phi) is 2.63. The Morgan fingerprint density at radius 3 is 2.20 bits per heavy atom. The van der Waals surface area contributed by atoms with Gasteiger partial charge in [-0.25, -0.2) is 0 Å². The molecule has 2 heteroatoms. The molecule has 88 valence electrons. The van der Waals surface area contributed by atoms with Gasteiger partial charge >= 0.3 is 0 Å². The zero-order valence-electron chi connectivity index (χ0n) is 10.6. The van der Waals surface area contributed by atoms with Crippen LogP contribution in [0.15, 0.2) is 0 Å². The number of hydrogen-bond donors (Lipinski definition) is 2. The standard InChI is InChI=1S/C13H26N2/c1-12(2)11(13(12,3)4)15-10-7-5-6-9(10)8-14/h9-11,15H,5-8,14H2,1-4H3. The molecule has 0 aromatic heterocycles. The first-order valence-electron chi connectivity index (χ1n) is 6.37. The van der Waals surface area contributed by atoms with Gasteiger partial charge in [-0.15, -0.1) is 0 Å². The van der Waals surface area contributed by atoms with E-state index in [1.54, 1.807) is 0 Å². The smallest absolute Gasteiger partial charge is 0.0183 e. The summed E-state index contributed by atoms with van der Waals surface area (Å²) < 4.78 is 0. The Morgan fingerprint density at radius 2 is 1.73 bits per heavy atom. The largest absolute Gasteiger partial charge is 0.330 e. The second kappa shape index (κ2) is 3.46. The lowest BCUT2D eigenvalue weighted by molar-refractivity contribution is 0.379. The molecule has 2 atom stereocenters. The quantitative estimate of drug-likeness (QED) is 0.749. The minimum atomic E-state index is 0.453. The normalized spacial score (nSPS) is 38.2. The first kappa shape index (κ1) is 11.4. The Labute approximate surface area is 94.0 Å². The first-order valence-corrected chi connectivity index (χ1v) is 6.37. The van der Waals surface area contributed by atoms with Crippen molar-refractivity contribution in [1.29, 1.82) is 0 Å². The van der Waals surface area contributed by atoms with Crippen LogP contribution >= 0.6 is 0 Å². The molecule has 0 saturated heterocycles. The highest BCUT2D eigenvalue weighted by Gasteiger charge is 2.65. The summed E-state index contributed by atoms with van der Waals surface area (Å²) in [5.41, 5.74) is 6.72. The molecule has 0 heterocycles. The van der Waals surface area contributed by atoms with Crippen LogP contribution in [0.5, 0.6) is 0 Å². The van der Waals surface area contributed by atoms with E-state index in [-0.39, 0.29) is 0 Å². The van der Waals surface area contributed by atoms with Gasteiger partial charge in [-0.2, -0.15) is 0 Å². The van der Waals surface area contributed by atoms with E-state index >= 15 is 0 Å². The van der Waals surface area contributed by atoms with Crippen LogP contribution in [0.4, 0.5) is 0 Å². The highest BCUT2D eigenvalue weighted by molar-refractivity contribution is 5.18. The molecule has 2 nitrogen and oxygen atoms in total. The minimum absolute atomic E-state index is 0.453. The summed E-state index contributed by atoms with van der Waals surface area (Å²) in [6.45, 7) is 10.3. The highest BCUT2D eigenvalue weighted by atomic mass is 15.1. The maximum Gasteiger partial charge on any atom is 0.0183 e. The van der Waals surface area contributed by atoms with E-state index in [1.165, 1.54) is 19.3 Å². The topological polar surface area (TPSA) is 38.0 Å². The lowest BCUT2D eigenvalue weighted by Gasteiger charge is -2.21. The van der Waals surface area contributed by atoms with Crippen LogP contribution in [0, 0.1) is 16.7 Å². The van der Waals surface area contributed by atoms with Crippen LogP contribution in [0.25, 0.3) is 0 Å². The summed E-state index contributed by atoms with van der Waals surface area (Å²) in [5.74, 6) is 0.720. The van der Waals surface area contributed by atoms with Gasteiger partial charge in [0.05, 0.1) is 0 Å². The molecule has 0 bridgehead atoms. The monoisotopic (exact) mass is 210 g/mol. The van der Waals surface area contributed by atoms with Crippen molar-refractivity contribution in [3.8, 4) is 0 Å². The molecule has 0 spiro atoms. The molecule has 0 aromatic carbocycles. The minimum Gasteiger partial charge on any atom is -0.330 e. The maximum atomic E-state index is 5.82. The van der Waals surface area contributed by atoms with Crippen LogP contribution in [0.2, 0.25) is 0 Å². The molecule has 2 fully saturated rings. The predicted molar refractivity (Wildman–Crippen MR) is 64.7 cm³/mol. The molecular formula is C13H26N2. The number of nitrogens with one attached hydrogen (secondary N) is 1. The molecule has 0 aromatic rings. The second-order valence-corrected chi connectivity index (χ2v) is 6.58. The summed E-state index contributed by atoms with van der Waals surface area (Å²) in [6.07, 6.45) is 4.00. The molecule has 3 N–H and O–H groups in total. The van der Waals surface area contributed by atoms with Gasteiger partial charge in [0.1, 0.15) is 0 Å². The lowest BCUT2D eigenvalue weighted by atomic mass is 10.0. The van der Waals surface area contributed by atoms with Crippen LogP contribution < -0.4 is 11.1 Å². The zero-order chi connectivity index (χ0) is 11.3. The number of rotatable bonds is 3. The molecule has 2 saturated carbocycles. The second-order valence-electron chi connectivity index (χ2n) is 6.58. The van der Waals surface area contributed by atoms with Crippen molar-refractivity contribution in [1.82, 2.24) is 5.32 Å². The molecule has 2 aliphatic rings. The zero-order valence-corrected chi connectivity index (χ0v) is 10.6. The third-order valence-electron chi connectivity index (χ3n) is 5.36. The fraction of sp³-hybridized carbons (Fsp3) is 1.00. The van der Waals surface area contributed by atoms with Crippen molar-refractivity contribution in [2.45, 2.75) is 59.0 Å². The average Bonchev–Trinajstić information content (AvgIpc) is 2.59. The van der Waals surface area contributed by atoms with E-state index in [0.717, 1.165) is 12.5 Å². The molecule has 2 aliphatic carbocycles. The van der Waals surface area contributed by atoms with Crippen LogP contribution in [-0.4, -0.2) is 18.6 Å². The van der Waals surface area contributed by atoms with Crippen molar-refractivity contribution < 1.29 is 0 Å². The lowest BCUT2D eigenvalue weighted by Crippen LogP contribution is -2.39. The molecule has 2 rings (SSSR count). The van der Waals surface area contributed by atoms with Gasteiger partial charge < -0.3 is 11.1 Å². The van der Waals surface area contributed by atoms with E-state index in [0.29, 0.717) is 22.9 Å². The summed E-state index contributed by atoms with van der Waals surface area (Å²) in [4.78, 5) is 0. The summed E-state index contributed by atoms with van der Waals surface area (Å²) in [5, 5.41) is 3.85. The molecule has 0 amide bonds. The van der Waals surface area contributed by atoms with Crippen molar-refractivity contribution in [3.05, 3.63) is 0 Å². The third kappa shape index (κ3) is 1.62. The molecular weight excluding hydrogens is 184 g/mol. The van der Waals surface area contributed by atoms with E-state index in [4.69, 9.17) is 5.73 Å². The Morgan fingerprint density at radius 1 is 1.13 bits per heavy atom. The Hall–Kier alpha value is -0.0800. The molecule has 15 heavy (non-hydrogen) atoms. The van der Waals surface area contributed by atoms with E-state index in [2.05, 4.69) is 33.0 Å². The van der Waals surface area contributed by atoms with Crippen LogP contribution in [-0.2, 0) is 0 Å². The summed E-state index contributed by atoms with van der Waals surface area (Å²) in [7, 11) is 0. The molecule has 0 aliphatic heterocycles. The van der Waals surface area contributed by atoms with E-state index in [1.807, 2.05) is 0 Å². The summed E-state index contributed by atoms with van der Waals surface area (Å²) in [6, 6.07) is 1.36. The van der Waals surface area contributed by atoms with Crippen LogP contribution in [0.1, 0.15) is 47.0 Å². The van der Waals surface area contributed by atoms with Gasteiger partial charge in [-0.1, -0.05) is 34.1 Å². The van der Waals surface area contributed by atoms with Gasteiger partial charge in [-0.05, 0) is 36.1 Å². The van der Waals surface area contributed by atoms with Crippen LogP contribution in [0.3, 0.4) is 0 Å².